The first-order valence-electron chi connectivity index (χ1n) is 13.7. The summed E-state index contributed by atoms with van der Waals surface area (Å²) in [6.07, 6.45) is 1.58. The van der Waals surface area contributed by atoms with Crippen LogP contribution in [0.2, 0.25) is 0 Å². The molecule has 0 unspecified atom stereocenters. The molecule has 204 valence electrons. The maximum atomic E-state index is 11.2. The van der Waals surface area contributed by atoms with Crippen LogP contribution in [0.5, 0.6) is 11.5 Å². The maximum absolute atomic E-state index is 11.2. The van der Waals surface area contributed by atoms with Crippen molar-refractivity contribution in [3.8, 4) is 11.5 Å². The van der Waals surface area contributed by atoms with Crippen LogP contribution in [0.25, 0.3) is 0 Å². The molecule has 2 heterocycles. The van der Waals surface area contributed by atoms with E-state index in [1.165, 1.54) is 5.56 Å². The van der Waals surface area contributed by atoms with Crippen LogP contribution in [0.1, 0.15) is 52.7 Å². The van der Waals surface area contributed by atoms with E-state index in [4.69, 9.17) is 9.47 Å². The Balaban J connectivity index is 1.31. The normalized spacial score (nSPS) is 20.3. The molecule has 3 atom stereocenters. The van der Waals surface area contributed by atoms with Gasteiger partial charge in [-0.3, -0.25) is 15.0 Å². The van der Waals surface area contributed by atoms with E-state index in [9.17, 15) is 15.2 Å². The smallest absolute Gasteiger partial charge is 0.269 e. The van der Waals surface area contributed by atoms with Gasteiger partial charge in [-0.2, -0.15) is 0 Å². The van der Waals surface area contributed by atoms with Gasteiger partial charge in [-0.1, -0.05) is 72.8 Å². The van der Waals surface area contributed by atoms with Crippen LogP contribution < -0.4 is 9.47 Å². The van der Waals surface area contributed by atoms with Gasteiger partial charge in [0.05, 0.1) is 11.0 Å². The zero-order chi connectivity index (χ0) is 27.5. The van der Waals surface area contributed by atoms with Crippen LogP contribution in [-0.4, -0.2) is 27.6 Å². The van der Waals surface area contributed by atoms with Crippen molar-refractivity contribution in [2.45, 2.75) is 50.7 Å². The number of nitro benzene ring substituents is 1. The topological polar surface area (TPSA) is 85.1 Å². The number of hydrogen-bond acceptors (Lipinski definition) is 6. The molecule has 0 radical (unpaired) electrons. The zero-order valence-electron chi connectivity index (χ0n) is 22.2. The van der Waals surface area contributed by atoms with Crippen molar-refractivity contribution in [1.82, 2.24) is 4.90 Å². The van der Waals surface area contributed by atoms with Crippen molar-refractivity contribution in [2.75, 3.05) is 6.54 Å². The molecule has 7 nitrogen and oxygen atoms in total. The van der Waals surface area contributed by atoms with Crippen molar-refractivity contribution >= 4 is 5.69 Å². The summed E-state index contributed by atoms with van der Waals surface area (Å²) in [4.78, 5) is 13.2. The Kier molecular flexibility index (Phi) is 7.49. The summed E-state index contributed by atoms with van der Waals surface area (Å²) in [5, 5.41) is 22.1. The number of benzene rings is 4. The molecule has 0 bridgehead atoms. The molecule has 1 saturated heterocycles. The molecule has 2 aliphatic rings. The van der Waals surface area contributed by atoms with Gasteiger partial charge in [0.1, 0.15) is 13.2 Å². The summed E-state index contributed by atoms with van der Waals surface area (Å²) in [6.45, 7) is 1.69. The van der Waals surface area contributed by atoms with Crippen LogP contribution in [-0.2, 0) is 19.6 Å². The van der Waals surface area contributed by atoms with E-state index in [-0.39, 0.29) is 22.7 Å². The fourth-order valence-electron chi connectivity index (χ4n) is 5.95. The molecule has 0 saturated carbocycles. The number of nitrogens with zero attached hydrogens (tertiary/aromatic N) is 2. The average molecular weight is 537 g/mol. The van der Waals surface area contributed by atoms with E-state index in [1.54, 1.807) is 12.1 Å². The Morgan fingerprint density at radius 3 is 1.98 bits per heavy atom. The lowest BCUT2D eigenvalue weighted by molar-refractivity contribution is -0.384. The molecule has 0 spiro atoms. The van der Waals surface area contributed by atoms with Gasteiger partial charge in [-0.25, -0.2) is 0 Å². The highest BCUT2D eigenvalue weighted by atomic mass is 16.6. The van der Waals surface area contributed by atoms with Crippen molar-refractivity contribution in [1.29, 1.82) is 0 Å². The Labute approximate surface area is 233 Å². The number of ether oxygens (including phenoxy) is 2. The summed E-state index contributed by atoms with van der Waals surface area (Å²) in [6, 6.07) is 31.1. The van der Waals surface area contributed by atoms with Crippen molar-refractivity contribution in [3.63, 3.8) is 0 Å². The lowest BCUT2D eigenvalue weighted by Crippen LogP contribution is -2.45. The largest absolute Gasteiger partial charge is 0.485 e. The van der Waals surface area contributed by atoms with Crippen LogP contribution in [0.15, 0.2) is 97.1 Å². The van der Waals surface area contributed by atoms with Crippen LogP contribution >= 0.6 is 0 Å². The molecule has 7 heteroatoms. The monoisotopic (exact) mass is 536 g/mol. The molecular weight excluding hydrogens is 504 g/mol. The van der Waals surface area contributed by atoms with Gasteiger partial charge in [-0.15, -0.1) is 0 Å². The first kappa shape index (κ1) is 26.0. The minimum atomic E-state index is -0.477. The molecule has 6 rings (SSSR count). The van der Waals surface area contributed by atoms with E-state index in [2.05, 4.69) is 17.0 Å². The third kappa shape index (κ3) is 5.57. The molecular formula is C33H32N2O5. The first-order chi connectivity index (χ1) is 19.5. The van der Waals surface area contributed by atoms with Crippen molar-refractivity contribution in [2.24, 2.45) is 0 Å². The standard InChI is InChI=1S/C33H32N2O5/c36-28-18-30(25-11-13-27(14-12-25)35(37)38)34-16-15-26-17-32(39-21-23-7-3-1-4-8-23)33(20-29(26)31(34)19-28)40-22-24-9-5-2-6-10-24/h1-14,17,20,28,30-31,36H,15-16,18-19,21-22H2/t28-,30-,31-/m0/s1. The van der Waals surface area contributed by atoms with Gasteiger partial charge in [0.25, 0.3) is 5.69 Å². The second-order valence-corrected chi connectivity index (χ2v) is 10.5. The maximum Gasteiger partial charge on any atom is 0.269 e. The zero-order valence-corrected chi connectivity index (χ0v) is 22.2. The van der Waals surface area contributed by atoms with Gasteiger partial charge in [0.15, 0.2) is 11.5 Å². The molecule has 0 amide bonds. The molecule has 1 fully saturated rings. The number of piperidine rings is 1. The third-order valence-electron chi connectivity index (χ3n) is 7.96. The Morgan fingerprint density at radius 1 is 0.800 bits per heavy atom. The average Bonchev–Trinajstić information content (AvgIpc) is 2.99. The molecule has 4 aromatic carbocycles. The molecule has 0 aromatic heterocycles. The lowest BCUT2D eigenvalue weighted by atomic mass is 9.81. The predicted molar refractivity (Wildman–Crippen MR) is 152 cm³/mol. The third-order valence-corrected chi connectivity index (χ3v) is 7.96. The number of rotatable bonds is 8. The minimum Gasteiger partial charge on any atom is -0.485 e. The van der Waals surface area contributed by atoms with Gasteiger partial charge in [0.2, 0.25) is 0 Å². The Morgan fingerprint density at radius 2 is 1.38 bits per heavy atom. The highest BCUT2D eigenvalue weighted by Crippen LogP contribution is 2.47. The second-order valence-electron chi connectivity index (χ2n) is 10.5. The molecule has 4 aromatic rings. The SMILES string of the molecule is O=[N+]([O-])c1ccc([C@@H]2C[C@H](O)C[C@H]3c4cc(OCc5ccccc5)c(OCc5ccccc5)cc4CCN23)cc1. The lowest BCUT2D eigenvalue weighted by Gasteiger charge is -2.47. The molecule has 40 heavy (non-hydrogen) atoms. The summed E-state index contributed by atoms with van der Waals surface area (Å²) in [7, 11) is 0. The number of hydrogen-bond donors (Lipinski definition) is 1. The van der Waals surface area contributed by atoms with E-state index < -0.39 is 6.10 Å². The highest BCUT2D eigenvalue weighted by Gasteiger charge is 2.40. The fourth-order valence-corrected chi connectivity index (χ4v) is 5.95. The summed E-state index contributed by atoms with van der Waals surface area (Å²) < 4.78 is 12.7. The van der Waals surface area contributed by atoms with E-state index in [0.29, 0.717) is 31.8 Å². The summed E-state index contributed by atoms with van der Waals surface area (Å²) in [5.74, 6) is 1.41. The number of nitro groups is 1. The number of non-ortho nitro benzene ring substituents is 1. The molecule has 1 N–H and O–H groups in total. The molecule has 2 aliphatic heterocycles. The van der Waals surface area contributed by atoms with Crippen molar-refractivity contribution in [3.05, 3.63) is 135 Å². The first-order valence-corrected chi connectivity index (χ1v) is 13.7. The van der Waals surface area contributed by atoms with Crippen LogP contribution in [0, 0.1) is 10.1 Å². The number of fused-ring (bicyclic) bond motifs is 3. The van der Waals surface area contributed by atoms with Gasteiger partial charge < -0.3 is 14.6 Å². The van der Waals surface area contributed by atoms with E-state index >= 15 is 0 Å². The summed E-state index contributed by atoms with van der Waals surface area (Å²) >= 11 is 0. The Hall–Kier alpha value is -4.20. The van der Waals surface area contributed by atoms with Gasteiger partial charge >= 0.3 is 0 Å². The van der Waals surface area contributed by atoms with Crippen LogP contribution in [0.3, 0.4) is 0 Å². The van der Waals surface area contributed by atoms with Gasteiger partial charge in [-0.05, 0) is 59.2 Å². The van der Waals surface area contributed by atoms with E-state index in [1.807, 2.05) is 72.8 Å². The fraction of sp³-hybridized carbons (Fsp3) is 0.273. The van der Waals surface area contributed by atoms with E-state index in [0.717, 1.165) is 41.0 Å². The van der Waals surface area contributed by atoms with Gasteiger partial charge in [0, 0.05) is 30.8 Å². The quantitative estimate of drug-likeness (QED) is 0.203. The number of aliphatic hydroxyl groups is 1. The molecule has 0 aliphatic carbocycles. The number of aliphatic hydroxyl groups excluding tert-OH is 1. The minimum absolute atomic E-state index is 0.00920. The predicted octanol–water partition coefficient (Wildman–Crippen LogP) is 6.55. The van der Waals surface area contributed by atoms with Crippen LogP contribution in [0.4, 0.5) is 5.69 Å². The second kappa shape index (κ2) is 11.5. The van der Waals surface area contributed by atoms with Crippen molar-refractivity contribution < 1.29 is 19.5 Å². The summed E-state index contributed by atoms with van der Waals surface area (Å²) in [5.41, 5.74) is 5.56. The Bertz CT molecular complexity index is 1460. The highest BCUT2D eigenvalue weighted by molar-refractivity contribution is 5.50.